The number of hydrogen-bond acceptors (Lipinski definition) is 3. The van der Waals surface area contributed by atoms with Crippen molar-refractivity contribution in [2.75, 3.05) is 19.6 Å². The number of benzene rings is 1. The van der Waals surface area contributed by atoms with Gasteiger partial charge in [-0.05, 0) is 49.6 Å². The van der Waals surface area contributed by atoms with Gasteiger partial charge in [-0.3, -0.25) is 4.79 Å². The Morgan fingerprint density at radius 3 is 2.41 bits per heavy atom. The summed E-state index contributed by atoms with van der Waals surface area (Å²) in [6, 6.07) is 6.40. The molecule has 17 heavy (non-hydrogen) atoms. The lowest BCUT2D eigenvalue weighted by Gasteiger charge is -2.31. The van der Waals surface area contributed by atoms with Crippen LogP contribution in [-0.2, 0) is 0 Å². The van der Waals surface area contributed by atoms with Gasteiger partial charge in [0.15, 0.2) is 0 Å². The van der Waals surface area contributed by atoms with Gasteiger partial charge in [-0.2, -0.15) is 0 Å². The zero-order chi connectivity index (χ0) is 12.3. The fourth-order valence-electron chi connectivity index (χ4n) is 2.16. The Kier molecular flexibility index (Phi) is 3.64. The van der Waals surface area contributed by atoms with Gasteiger partial charge in [0.25, 0.3) is 5.91 Å². The van der Waals surface area contributed by atoms with E-state index in [1.165, 1.54) is 0 Å². The molecule has 0 spiro atoms. The summed E-state index contributed by atoms with van der Waals surface area (Å²) in [5, 5.41) is 9.18. The van der Waals surface area contributed by atoms with Crippen molar-refractivity contribution in [3.63, 3.8) is 0 Å². The Morgan fingerprint density at radius 2 is 1.88 bits per heavy atom. The first-order chi connectivity index (χ1) is 8.20. The zero-order valence-corrected chi connectivity index (χ0v) is 9.80. The highest BCUT2D eigenvalue weighted by molar-refractivity contribution is 5.94. The van der Waals surface area contributed by atoms with Crippen LogP contribution in [0, 0.1) is 5.92 Å². The zero-order valence-electron chi connectivity index (χ0n) is 9.80. The largest absolute Gasteiger partial charge is 0.508 e. The maximum atomic E-state index is 12.1. The number of phenols is 1. The van der Waals surface area contributed by atoms with Crippen LogP contribution in [0.2, 0.25) is 0 Å². The van der Waals surface area contributed by atoms with Crippen molar-refractivity contribution in [2.45, 2.75) is 12.8 Å². The Balaban J connectivity index is 1.99. The van der Waals surface area contributed by atoms with Gasteiger partial charge < -0.3 is 15.7 Å². The van der Waals surface area contributed by atoms with Crippen LogP contribution in [0.15, 0.2) is 24.3 Å². The van der Waals surface area contributed by atoms with Crippen molar-refractivity contribution >= 4 is 5.91 Å². The second-order valence-corrected chi connectivity index (χ2v) is 4.52. The summed E-state index contributed by atoms with van der Waals surface area (Å²) in [4.78, 5) is 14.0. The number of phenolic OH excluding ortho intramolecular Hbond substituents is 1. The molecular formula is C13H18N2O2. The van der Waals surface area contributed by atoms with Crippen LogP contribution in [0.4, 0.5) is 0 Å². The number of piperidine rings is 1. The average molecular weight is 234 g/mol. The lowest BCUT2D eigenvalue weighted by atomic mass is 9.96. The number of aromatic hydroxyl groups is 1. The predicted octanol–water partition coefficient (Wildman–Crippen LogP) is 1.20. The van der Waals surface area contributed by atoms with Crippen LogP contribution in [0.5, 0.6) is 5.75 Å². The molecule has 3 N–H and O–H groups in total. The first-order valence-electron chi connectivity index (χ1n) is 5.99. The molecule has 1 heterocycles. The summed E-state index contributed by atoms with van der Waals surface area (Å²) in [6.07, 6.45) is 1.97. The molecule has 0 saturated carbocycles. The van der Waals surface area contributed by atoms with E-state index in [-0.39, 0.29) is 11.7 Å². The summed E-state index contributed by atoms with van der Waals surface area (Å²) < 4.78 is 0. The van der Waals surface area contributed by atoms with E-state index >= 15 is 0 Å². The number of carbonyl (C=O) groups is 1. The lowest BCUT2D eigenvalue weighted by molar-refractivity contribution is 0.0693. The molecule has 1 aromatic rings. The predicted molar refractivity (Wildman–Crippen MR) is 65.8 cm³/mol. The van der Waals surface area contributed by atoms with Gasteiger partial charge in [-0.25, -0.2) is 0 Å². The van der Waals surface area contributed by atoms with Crippen molar-refractivity contribution in [2.24, 2.45) is 11.7 Å². The van der Waals surface area contributed by atoms with Crippen LogP contribution < -0.4 is 5.73 Å². The molecule has 1 aliphatic heterocycles. The molecule has 1 fully saturated rings. The standard InChI is InChI=1S/C13H18N2O2/c14-9-10-5-7-15(8-6-10)13(17)11-1-3-12(16)4-2-11/h1-4,10,16H,5-9,14H2. The van der Waals surface area contributed by atoms with E-state index in [0.717, 1.165) is 25.9 Å². The SMILES string of the molecule is NCC1CCN(C(=O)c2ccc(O)cc2)CC1. The van der Waals surface area contributed by atoms with Crippen molar-refractivity contribution in [1.29, 1.82) is 0 Å². The summed E-state index contributed by atoms with van der Waals surface area (Å²) in [5.74, 6) is 0.780. The Labute approximate surface area is 101 Å². The third-order valence-corrected chi connectivity index (χ3v) is 3.35. The van der Waals surface area contributed by atoms with E-state index in [0.29, 0.717) is 18.0 Å². The van der Waals surface area contributed by atoms with Crippen molar-refractivity contribution in [3.8, 4) is 5.75 Å². The van der Waals surface area contributed by atoms with E-state index < -0.39 is 0 Å². The molecule has 0 unspecified atom stereocenters. The van der Waals surface area contributed by atoms with Crippen LogP contribution >= 0.6 is 0 Å². The van der Waals surface area contributed by atoms with Gasteiger partial charge in [-0.1, -0.05) is 0 Å². The molecule has 1 saturated heterocycles. The highest BCUT2D eigenvalue weighted by atomic mass is 16.3. The number of nitrogens with zero attached hydrogens (tertiary/aromatic N) is 1. The minimum atomic E-state index is 0.0421. The molecule has 0 aromatic heterocycles. The second-order valence-electron chi connectivity index (χ2n) is 4.52. The normalized spacial score (nSPS) is 17.1. The number of rotatable bonds is 2. The minimum Gasteiger partial charge on any atom is -0.508 e. The van der Waals surface area contributed by atoms with E-state index in [4.69, 9.17) is 5.73 Å². The molecule has 0 radical (unpaired) electrons. The molecule has 2 rings (SSSR count). The van der Waals surface area contributed by atoms with Gasteiger partial charge in [0.05, 0.1) is 0 Å². The molecule has 92 valence electrons. The van der Waals surface area contributed by atoms with E-state index in [1.807, 2.05) is 4.90 Å². The molecule has 1 aliphatic rings. The highest BCUT2D eigenvalue weighted by Gasteiger charge is 2.22. The maximum Gasteiger partial charge on any atom is 0.253 e. The monoisotopic (exact) mass is 234 g/mol. The Morgan fingerprint density at radius 1 is 1.29 bits per heavy atom. The summed E-state index contributed by atoms with van der Waals surface area (Å²) in [6.45, 7) is 2.27. The number of nitrogens with two attached hydrogens (primary N) is 1. The van der Waals surface area contributed by atoms with Crippen molar-refractivity contribution in [3.05, 3.63) is 29.8 Å². The molecule has 0 aliphatic carbocycles. The lowest BCUT2D eigenvalue weighted by Crippen LogP contribution is -2.40. The average Bonchev–Trinajstić information content (AvgIpc) is 2.39. The third-order valence-electron chi connectivity index (χ3n) is 3.35. The fourth-order valence-corrected chi connectivity index (χ4v) is 2.16. The maximum absolute atomic E-state index is 12.1. The van der Waals surface area contributed by atoms with Crippen LogP contribution in [0.1, 0.15) is 23.2 Å². The molecule has 4 nitrogen and oxygen atoms in total. The number of hydrogen-bond donors (Lipinski definition) is 2. The summed E-state index contributed by atoms with van der Waals surface area (Å²) in [5.41, 5.74) is 6.25. The van der Waals surface area contributed by atoms with E-state index in [2.05, 4.69) is 0 Å². The second kappa shape index (κ2) is 5.19. The third kappa shape index (κ3) is 2.77. The molecule has 0 bridgehead atoms. The van der Waals surface area contributed by atoms with Gasteiger partial charge in [0, 0.05) is 18.7 Å². The number of likely N-dealkylation sites (tertiary alicyclic amines) is 1. The van der Waals surface area contributed by atoms with E-state index in [9.17, 15) is 9.90 Å². The van der Waals surface area contributed by atoms with Gasteiger partial charge >= 0.3 is 0 Å². The number of carbonyl (C=O) groups excluding carboxylic acids is 1. The molecule has 0 atom stereocenters. The topological polar surface area (TPSA) is 66.6 Å². The smallest absolute Gasteiger partial charge is 0.253 e. The number of amides is 1. The fraction of sp³-hybridized carbons (Fsp3) is 0.462. The summed E-state index contributed by atoms with van der Waals surface area (Å²) >= 11 is 0. The summed E-state index contributed by atoms with van der Waals surface area (Å²) in [7, 11) is 0. The van der Waals surface area contributed by atoms with Crippen molar-refractivity contribution < 1.29 is 9.90 Å². The first-order valence-corrected chi connectivity index (χ1v) is 5.99. The molecule has 4 heteroatoms. The molecule has 1 amide bonds. The van der Waals surface area contributed by atoms with Crippen LogP contribution in [0.25, 0.3) is 0 Å². The first kappa shape index (κ1) is 11.9. The quantitative estimate of drug-likeness (QED) is 0.808. The van der Waals surface area contributed by atoms with Gasteiger partial charge in [0.1, 0.15) is 5.75 Å². The van der Waals surface area contributed by atoms with Crippen LogP contribution in [0.3, 0.4) is 0 Å². The van der Waals surface area contributed by atoms with Gasteiger partial charge in [0.2, 0.25) is 0 Å². The van der Waals surface area contributed by atoms with Gasteiger partial charge in [-0.15, -0.1) is 0 Å². The minimum absolute atomic E-state index is 0.0421. The van der Waals surface area contributed by atoms with E-state index in [1.54, 1.807) is 24.3 Å². The van der Waals surface area contributed by atoms with Crippen molar-refractivity contribution in [1.82, 2.24) is 4.90 Å². The Hall–Kier alpha value is -1.55. The Bertz CT molecular complexity index is 381. The molecular weight excluding hydrogens is 216 g/mol. The van der Waals surface area contributed by atoms with Crippen LogP contribution in [-0.4, -0.2) is 35.5 Å². The highest BCUT2D eigenvalue weighted by Crippen LogP contribution is 2.19. The molecule has 1 aromatic carbocycles.